The van der Waals surface area contributed by atoms with E-state index < -0.39 is 0 Å². The van der Waals surface area contributed by atoms with Crippen LogP contribution in [0.25, 0.3) is 0 Å². The van der Waals surface area contributed by atoms with Crippen molar-refractivity contribution in [1.29, 1.82) is 0 Å². The van der Waals surface area contributed by atoms with E-state index in [-0.39, 0.29) is 17.4 Å². The fourth-order valence-electron chi connectivity index (χ4n) is 0.994. The van der Waals surface area contributed by atoms with Gasteiger partial charge in [0, 0.05) is 17.2 Å². The highest BCUT2D eigenvalue weighted by molar-refractivity contribution is 5.81. The molecule has 0 saturated carbocycles. The summed E-state index contributed by atoms with van der Waals surface area (Å²) in [7, 11) is 0. The Bertz CT molecular complexity index is 298. The minimum absolute atomic E-state index is 0.000440. The molecular formula is C10H17N3O. The first-order chi connectivity index (χ1) is 6.41. The molecular weight excluding hydrogens is 178 g/mol. The summed E-state index contributed by atoms with van der Waals surface area (Å²) in [6.45, 7) is 7.62. The Balaban J connectivity index is 2.58. The third-order valence-corrected chi connectivity index (χ3v) is 2.05. The number of nitrogens with one attached hydrogen (secondary N) is 2. The topological polar surface area (TPSA) is 57.8 Å². The zero-order valence-electron chi connectivity index (χ0n) is 9.09. The first-order valence-electron chi connectivity index (χ1n) is 4.71. The van der Waals surface area contributed by atoms with Crippen molar-refractivity contribution >= 4 is 5.91 Å². The first kappa shape index (κ1) is 10.8. The normalized spacial score (nSPS) is 13.7. The highest BCUT2D eigenvalue weighted by Crippen LogP contribution is 2.16. The predicted molar refractivity (Wildman–Crippen MR) is 54.6 cm³/mol. The van der Waals surface area contributed by atoms with Crippen LogP contribution >= 0.6 is 0 Å². The molecule has 1 heterocycles. The van der Waals surface area contributed by atoms with Crippen molar-refractivity contribution in [2.24, 2.45) is 5.41 Å². The lowest BCUT2D eigenvalue weighted by atomic mass is 9.95. The zero-order valence-corrected chi connectivity index (χ0v) is 9.09. The molecule has 1 atom stereocenters. The van der Waals surface area contributed by atoms with E-state index in [1.165, 1.54) is 0 Å². The molecule has 14 heavy (non-hydrogen) atoms. The summed E-state index contributed by atoms with van der Waals surface area (Å²) >= 11 is 0. The highest BCUT2D eigenvalue weighted by Gasteiger charge is 2.23. The van der Waals surface area contributed by atoms with E-state index in [0.29, 0.717) is 0 Å². The molecule has 2 N–H and O–H groups in total. The van der Waals surface area contributed by atoms with Crippen LogP contribution in [0.2, 0.25) is 0 Å². The molecule has 0 fully saturated rings. The number of amides is 1. The van der Waals surface area contributed by atoms with Gasteiger partial charge in [0.05, 0.1) is 12.2 Å². The molecule has 0 bridgehead atoms. The Labute approximate surface area is 84.1 Å². The lowest BCUT2D eigenvalue weighted by molar-refractivity contribution is -0.129. The number of hydrogen-bond donors (Lipinski definition) is 2. The van der Waals surface area contributed by atoms with Gasteiger partial charge in [-0.05, 0) is 6.92 Å². The first-order valence-corrected chi connectivity index (χ1v) is 4.71. The number of carbonyl (C=O) groups is 1. The molecule has 0 saturated heterocycles. The summed E-state index contributed by atoms with van der Waals surface area (Å²) in [4.78, 5) is 11.6. The van der Waals surface area contributed by atoms with Gasteiger partial charge < -0.3 is 5.32 Å². The van der Waals surface area contributed by atoms with Gasteiger partial charge in [0.15, 0.2) is 0 Å². The van der Waals surface area contributed by atoms with E-state index in [9.17, 15) is 4.79 Å². The van der Waals surface area contributed by atoms with E-state index in [1.807, 2.05) is 27.7 Å². The second-order valence-electron chi connectivity index (χ2n) is 4.48. The number of aromatic amines is 1. The van der Waals surface area contributed by atoms with Gasteiger partial charge in [-0.1, -0.05) is 20.8 Å². The van der Waals surface area contributed by atoms with Crippen molar-refractivity contribution in [3.8, 4) is 0 Å². The number of carbonyl (C=O) groups excluding carboxylic acids is 1. The fraction of sp³-hybridized carbons (Fsp3) is 0.600. The Morgan fingerprint density at radius 1 is 1.57 bits per heavy atom. The van der Waals surface area contributed by atoms with Crippen LogP contribution in [0.3, 0.4) is 0 Å². The molecule has 0 aliphatic carbocycles. The molecule has 1 amide bonds. The third-order valence-electron chi connectivity index (χ3n) is 2.05. The Morgan fingerprint density at radius 3 is 2.64 bits per heavy atom. The van der Waals surface area contributed by atoms with Gasteiger partial charge >= 0.3 is 0 Å². The number of H-pyrrole nitrogens is 1. The van der Waals surface area contributed by atoms with Gasteiger partial charge in [0.25, 0.3) is 0 Å². The summed E-state index contributed by atoms with van der Waals surface area (Å²) in [5.41, 5.74) is 0.639. The monoisotopic (exact) mass is 195 g/mol. The van der Waals surface area contributed by atoms with Crippen molar-refractivity contribution in [3.05, 3.63) is 18.0 Å². The van der Waals surface area contributed by atoms with Crippen LogP contribution in [0, 0.1) is 5.41 Å². The molecule has 0 aliphatic heterocycles. The standard InChI is InChI=1S/C10H17N3O/c1-7(8-5-11-12-6-8)13-9(14)10(2,3)4/h5-7H,1-4H3,(H,11,12)(H,13,14). The predicted octanol–water partition coefficient (Wildman–Crippen LogP) is 1.63. The van der Waals surface area contributed by atoms with Crippen molar-refractivity contribution in [1.82, 2.24) is 15.5 Å². The second kappa shape index (κ2) is 3.82. The molecule has 4 heteroatoms. The second-order valence-corrected chi connectivity index (χ2v) is 4.48. The Hall–Kier alpha value is -1.32. The minimum Gasteiger partial charge on any atom is -0.349 e. The van der Waals surface area contributed by atoms with E-state index in [0.717, 1.165) is 5.56 Å². The summed E-state index contributed by atoms with van der Waals surface area (Å²) in [6, 6.07) is 0.000440. The van der Waals surface area contributed by atoms with Gasteiger partial charge in [0.2, 0.25) is 5.91 Å². The molecule has 0 aromatic carbocycles. The van der Waals surface area contributed by atoms with Gasteiger partial charge in [-0.3, -0.25) is 9.89 Å². The molecule has 0 spiro atoms. The van der Waals surface area contributed by atoms with Crippen LogP contribution in [-0.2, 0) is 4.79 Å². The lowest BCUT2D eigenvalue weighted by Gasteiger charge is -2.21. The average molecular weight is 195 g/mol. The Morgan fingerprint density at radius 2 is 2.21 bits per heavy atom. The molecule has 1 aromatic rings. The van der Waals surface area contributed by atoms with Crippen LogP contribution in [0.5, 0.6) is 0 Å². The van der Waals surface area contributed by atoms with Crippen LogP contribution in [0.1, 0.15) is 39.3 Å². The molecule has 1 unspecified atom stereocenters. The summed E-state index contributed by atoms with van der Waals surface area (Å²) in [5.74, 6) is 0.0474. The zero-order chi connectivity index (χ0) is 10.8. The van der Waals surface area contributed by atoms with Crippen LogP contribution in [0.4, 0.5) is 0 Å². The number of rotatable bonds is 2. The van der Waals surface area contributed by atoms with Gasteiger partial charge in [-0.2, -0.15) is 5.10 Å². The van der Waals surface area contributed by atoms with E-state index in [2.05, 4.69) is 15.5 Å². The van der Waals surface area contributed by atoms with Crippen LogP contribution in [0.15, 0.2) is 12.4 Å². The van der Waals surface area contributed by atoms with E-state index >= 15 is 0 Å². The van der Waals surface area contributed by atoms with Gasteiger partial charge in [0.1, 0.15) is 0 Å². The van der Waals surface area contributed by atoms with Crippen molar-refractivity contribution in [2.75, 3.05) is 0 Å². The number of nitrogens with zero attached hydrogens (tertiary/aromatic N) is 1. The van der Waals surface area contributed by atoms with Crippen LogP contribution < -0.4 is 5.32 Å². The SMILES string of the molecule is CC(NC(=O)C(C)(C)C)c1cn[nH]c1. The Kier molecular flexibility index (Phi) is 2.93. The molecule has 4 nitrogen and oxygen atoms in total. The average Bonchev–Trinajstić information content (AvgIpc) is 2.53. The number of aromatic nitrogens is 2. The summed E-state index contributed by atoms with van der Waals surface area (Å²) < 4.78 is 0. The smallest absolute Gasteiger partial charge is 0.225 e. The number of hydrogen-bond acceptors (Lipinski definition) is 2. The van der Waals surface area contributed by atoms with Crippen molar-refractivity contribution in [3.63, 3.8) is 0 Å². The van der Waals surface area contributed by atoms with E-state index in [1.54, 1.807) is 12.4 Å². The third kappa shape index (κ3) is 2.58. The largest absolute Gasteiger partial charge is 0.349 e. The fourth-order valence-corrected chi connectivity index (χ4v) is 0.994. The lowest BCUT2D eigenvalue weighted by Crippen LogP contribution is -2.36. The molecule has 1 aromatic heterocycles. The molecule has 1 rings (SSSR count). The molecule has 78 valence electrons. The minimum atomic E-state index is -0.349. The van der Waals surface area contributed by atoms with E-state index in [4.69, 9.17) is 0 Å². The quantitative estimate of drug-likeness (QED) is 0.753. The van der Waals surface area contributed by atoms with Gasteiger partial charge in [-0.15, -0.1) is 0 Å². The van der Waals surface area contributed by atoms with Gasteiger partial charge in [-0.25, -0.2) is 0 Å². The van der Waals surface area contributed by atoms with Crippen molar-refractivity contribution in [2.45, 2.75) is 33.7 Å². The molecule has 0 aliphatic rings. The molecule has 0 radical (unpaired) electrons. The van der Waals surface area contributed by atoms with Crippen LogP contribution in [-0.4, -0.2) is 16.1 Å². The maximum Gasteiger partial charge on any atom is 0.225 e. The maximum absolute atomic E-state index is 11.6. The summed E-state index contributed by atoms with van der Waals surface area (Å²) in [6.07, 6.45) is 3.50. The highest BCUT2D eigenvalue weighted by atomic mass is 16.2. The maximum atomic E-state index is 11.6. The van der Waals surface area contributed by atoms with Crippen molar-refractivity contribution < 1.29 is 4.79 Å². The summed E-state index contributed by atoms with van der Waals surface area (Å²) in [5, 5.41) is 9.48.